The molecule has 0 aliphatic carbocycles. The molecule has 0 bridgehead atoms. The number of benzene rings is 2. The van der Waals surface area contributed by atoms with Crippen LogP contribution in [0.4, 0.5) is 5.69 Å². The van der Waals surface area contributed by atoms with E-state index in [1.807, 2.05) is 12.1 Å². The van der Waals surface area contributed by atoms with Gasteiger partial charge in [0.2, 0.25) is 10.0 Å². The standard InChI is InChI=1S/C20H25N3O3S/c1-22-9-11-23(12-10-22)18-4-2-16(3-5-18)15-21-27(24,25)19-6-7-20-17(14-19)8-13-26-20/h2-7,14,21H,8-13,15H2,1H3/p+1. The Morgan fingerprint density at radius 1 is 1.11 bits per heavy atom. The Morgan fingerprint density at radius 3 is 2.59 bits per heavy atom. The summed E-state index contributed by atoms with van der Waals surface area (Å²) >= 11 is 0. The summed E-state index contributed by atoms with van der Waals surface area (Å²) in [5.41, 5.74) is 3.11. The molecule has 0 aromatic heterocycles. The number of quaternary nitrogens is 1. The predicted molar refractivity (Wildman–Crippen MR) is 105 cm³/mol. The minimum Gasteiger partial charge on any atom is -0.493 e. The molecule has 27 heavy (non-hydrogen) atoms. The highest BCUT2D eigenvalue weighted by Gasteiger charge is 2.20. The zero-order valence-electron chi connectivity index (χ0n) is 15.6. The van der Waals surface area contributed by atoms with Crippen LogP contribution in [0.25, 0.3) is 0 Å². The van der Waals surface area contributed by atoms with Crippen molar-refractivity contribution < 1.29 is 18.1 Å². The molecular weight excluding hydrogens is 362 g/mol. The quantitative estimate of drug-likeness (QED) is 0.780. The van der Waals surface area contributed by atoms with Gasteiger partial charge in [-0.3, -0.25) is 0 Å². The van der Waals surface area contributed by atoms with Crippen LogP contribution in [0.2, 0.25) is 0 Å². The Hall–Kier alpha value is -2.09. The lowest BCUT2D eigenvalue weighted by molar-refractivity contribution is -0.880. The van der Waals surface area contributed by atoms with Gasteiger partial charge in [0.15, 0.2) is 0 Å². The topological polar surface area (TPSA) is 63.1 Å². The van der Waals surface area contributed by atoms with Crippen LogP contribution in [-0.2, 0) is 23.0 Å². The zero-order chi connectivity index (χ0) is 18.9. The monoisotopic (exact) mass is 388 g/mol. The molecule has 2 aliphatic heterocycles. The van der Waals surface area contributed by atoms with Crippen molar-refractivity contribution >= 4 is 15.7 Å². The maximum atomic E-state index is 12.6. The van der Waals surface area contributed by atoms with E-state index in [1.54, 1.807) is 23.1 Å². The van der Waals surface area contributed by atoms with Crippen LogP contribution in [0.5, 0.6) is 5.75 Å². The highest BCUT2D eigenvalue weighted by molar-refractivity contribution is 7.89. The molecule has 2 aromatic rings. The highest BCUT2D eigenvalue weighted by atomic mass is 32.2. The van der Waals surface area contributed by atoms with Crippen molar-refractivity contribution in [3.05, 3.63) is 53.6 Å². The summed E-state index contributed by atoms with van der Waals surface area (Å²) in [4.78, 5) is 4.24. The molecule has 2 aromatic carbocycles. The molecule has 1 fully saturated rings. The predicted octanol–water partition coefficient (Wildman–Crippen LogP) is 0.435. The van der Waals surface area contributed by atoms with Crippen molar-refractivity contribution in [1.29, 1.82) is 0 Å². The van der Waals surface area contributed by atoms with Gasteiger partial charge in [-0.15, -0.1) is 0 Å². The van der Waals surface area contributed by atoms with Gasteiger partial charge in [-0.05, 0) is 41.5 Å². The van der Waals surface area contributed by atoms with Crippen molar-refractivity contribution in [2.45, 2.75) is 17.9 Å². The average Bonchev–Trinajstić information content (AvgIpc) is 3.15. The van der Waals surface area contributed by atoms with Crippen molar-refractivity contribution in [3.8, 4) is 5.75 Å². The molecule has 0 radical (unpaired) electrons. The Morgan fingerprint density at radius 2 is 1.85 bits per heavy atom. The molecule has 2 N–H and O–H groups in total. The summed E-state index contributed by atoms with van der Waals surface area (Å²) in [5.74, 6) is 0.787. The smallest absolute Gasteiger partial charge is 0.240 e. The normalized spacial score (nSPS) is 17.6. The third-order valence-electron chi connectivity index (χ3n) is 5.36. The number of piperazine rings is 1. The van der Waals surface area contributed by atoms with E-state index in [2.05, 4.69) is 28.8 Å². The molecule has 2 heterocycles. The van der Waals surface area contributed by atoms with Crippen LogP contribution in [0.15, 0.2) is 47.4 Å². The number of fused-ring (bicyclic) bond motifs is 1. The van der Waals surface area contributed by atoms with Gasteiger partial charge in [0, 0.05) is 18.7 Å². The number of anilines is 1. The lowest BCUT2D eigenvalue weighted by Crippen LogP contribution is -3.12. The molecule has 0 unspecified atom stereocenters. The summed E-state index contributed by atoms with van der Waals surface area (Å²) in [7, 11) is -1.31. The van der Waals surface area contributed by atoms with Gasteiger partial charge in [0.25, 0.3) is 0 Å². The van der Waals surface area contributed by atoms with Gasteiger partial charge >= 0.3 is 0 Å². The van der Waals surface area contributed by atoms with E-state index in [0.717, 1.165) is 49.5 Å². The fraction of sp³-hybridized carbons (Fsp3) is 0.400. The maximum Gasteiger partial charge on any atom is 0.240 e. The maximum absolute atomic E-state index is 12.6. The third kappa shape index (κ3) is 4.10. The Bertz CT molecular complexity index is 905. The molecule has 6 nitrogen and oxygen atoms in total. The van der Waals surface area contributed by atoms with E-state index in [9.17, 15) is 8.42 Å². The van der Waals surface area contributed by atoms with Crippen LogP contribution in [0, 0.1) is 0 Å². The first-order valence-corrected chi connectivity index (χ1v) is 10.9. The summed E-state index contributed by atoms with van der Waals surface area (Å²) in [5, 5.41) is 0. The van der Waals surface area contributed by atoms with Crippen LogP contribution in [0.3, 0.4) is 0 Å². The van der Waals surface area contributed by atoms with E-state index < -0.39 is 10.0 Å². The van der Waals surface area contributed by atoms with Crippen molar-refractivity contribution in [2.75, 3.05) is 44.7 Å². The largest absolute Gasteiger partial charge is 0.493 e. The van der Waals surface area contributed by atoms with Crippen molar-refractivity contribution in [3.63, 3.8) is 0 Å². The first-order chi connectivity index (χ1) is 13.0. The van der Waals surface area contributed by atoms with Gasteiger partial charge in [-0.1, -0.05) is 12.1 Å². The molecule has 1 saturated heterocycles. The lowest BCUT2D eigenvalue weighted by atomic mass is 10.2. The average molecular weight is 389 g/mol. The van der Waals surface area contributed by atoms with Gasteiger partial charge < -0.3 is 14.5 Å². The van der Waals surface area contributed by atoms with E-state index in [0.29, 0.717) is 11.5 Å². The number of hydrogen-bond donors (Lipinski definition) is 2. The van der Waals surface area contributed by atoms with Gasteiger partial charge in [0.05, 0.1) is 44.7 Å². The van der Waals surface area contributed by atoms with Crippen molar-refractivity contribution in [2.24, 2.45) is 0 Å². The van der Waals surface area contributed by atoms with Gasteiger partial charge in [-0.25, -0.2) is 13.1 Å². The molecular formula is C20H26N3O3S+. The van der Waals surface area contributed by atoms with E-state index >= 15 is 0 Å². The number of hydrogen-bond acceptors (Lipinski definition) is 4. The third-order valence-corrected chi connectivity index (χ3v) is 6.75. The molecule has 144 valence electrons. The summed E-state index contributed by atoms with van der Waals surface area (Å²) in [6, 6.07) is 13.2. The number of ether oxygens (including phenoxy) is 1. The molecule has 7 heteroatoms. The van der Waals surface area contributed by atoms with Crippen LogP contribution < -0.4 is 19.3 Å². The fourth-order valence-electron chi connectivity index (χ4n) is 3.56. The molecule has 0 amide bonds. The number of nitrogens with one attached hydrogen (secondary N) is 2. The van der Waals surface area contributed by atoms with Crippen LogP contribution in [0.1, 0.15) is 11.1 Å². The minimum absolute atomic E-state index is 0.281. The summed E-state index contributed by atoms with van der Waals surface area (Å²) in [6.07, 6.45) is 0.758. The zero-order valence-corrected chi connectivity index (χ0v) is 16.4. The molecule has 0 atom stereocenters. The highest BCUT2D eigenvalue weighted by Crippen LogP contribution is 2.27. The van der Waals surface area contributed by atoms with Crippen LogP contribution >= 0.6 is 0 Å². The van der Waals surface area contributed by atoms with Crippen molar-refractivity contribution in [1.82, 2.24) is 4.72 Å². The first kappa shape index (κ1) is 18.3. The summed E-state index contributed by atoms with van der Waals surface area (Å²) in [6.45, 7) is 5.30. The van der Waals surface area contributed by atoms with Crippen LogP contribution in [-0.4, -0.2) is 48.3 Å². The Labute approximate surface area is 160 Å². The van der Waals surface area contributed by atoms with E-state index in [1.165, 1.54) is 5.69 Å². The fourth-order valence-corrected chi connectivity index (χ4v) is 4.63. The van der Waals surface area contributed by atoms with E-state index in [4.69, 9.17) is 4.74 Å². The second-order valence-corrected chi connectivity index (χ2v) is 9.07. The molecule has 2 aliphatic rings. The summed E-state index contributed by atoms with van der Waals surface area (Å²) < 4.78 is 33.3. The Kier molecular flexibility index (Phi) is 5.08. The molecule has 0 spiro atoms. The Balaban J connectivity index is 1.39. The van der Waals surface area contributed by atoms with Gasteiger partial charge in [-0.2, -0.15) is 0 Å². The molecule has 4 rings (SSSR count). The number of rotatable bonds is 5. The number of likely N-dealkylation sites (N-methyl/N-ethyl adjacent to an activating group) is 1. The number of nitrogens with zero attached hydrogens (tertiary/aromatic N) is 1. The SMILES string of the molecule is C[NH+]1CCN(c2ccc(CNS(=O)(=O)c3ccc4c(c3)CCO4)cc2)CC1. The minimum atomic E-state index is -3.54. The second kappa shape index (κ2) is 7.50. The second-order valence-electron chi connectivity index (χ2n) is 7.30. The lowest BCUT2D eigenvalue weighted by Gasteiger charge is -2.31. The van der Waals surface area contributed by atoms with E-state index in [-0.39, 0.29) is 6.54 Å². The molecule has 0 saturated carbocycles. The number of sulfonamides is 1. The first-order valence-electron chi connectivity index (χ1n) is 9.42. The van der Waals surface area contributed by atoms with Gasteiger partial charge in [0.1, 0.15) is 5.75 Å².